The summed E-state index contributed by atoms with van der Waals surface area (Å²) in [5.41, 5.74) is 1.76. The summed E-state index contributed by atoms with van der Waals surface area (Å²) in [5.74, 6) is -0.443. The van der Waals surface area contributed by atoms with Gasteiger partial charge >= 0.3 is 0 Å². The summed E-state index contributed by atoms with van der Waals surface area (Å²) in [6.07, 6.45) is 0. The van der Waals surface area contributed by atoms with Crippen LogP contribution in [-0.2, 0) is 4.79 Å². The predicted molar refractivity (Wildman–Crippen MR) is 105 cm³/mol. The molecule has 0 aliphatic heterocycles. The molecule has 0 bridgehead atoms. The predicted octanol–water partition coefficient (Wildman–Crippen LogP) is 4.34. The van der Waals surface area contributed by atoms with E-state index in [4.69, 9.17) is 0 Å². The molecule has 128 valence electrons. The number of likely N-dealkylation sites (N-methyl/N-ethyl adjacent to an activating group) is 1. The summed E-state index contributed by atoms with van der Waals surface area (Å²) in [5, 5.41) is 6.98. The van der Waals surface area contributed by atoms with E-state index in [1.807, 2.05) is 41.1 Å². The third kappa shape index (κ3) is 4.53. The van der Waals surface area contributed by atoms with Crippen LogP contribution < -0.4 is 5.32 Å². The molecule has 0 spiro atoms. The zero-order chi connectivity index (χ0) is 17.8. The van der Waals surface area contributed by atoms with E-state index in [9.17, 15) is 9.59 Å². The number of hydrogen-bond acceptors (Lipinski definition) is 5. The third-order valence-corrected chi connectivity index (χ3v) is 5.44. The Morgan fingerprint density at radius 1 is 1.24 bits per heavy atom. The molecule has 5 nitrogen and oxygen atoms in total. The van der Waals surface area contributed by atoms with Gasteiger partial charge in [-0.1, -0.05) is 34.1 Å². The van der Waals surface area contributed by atoms with E-state index in [1.165, 1.54) is 27.6 Å². The Kier molecular flexibility index (Phi) is 5.62. The van der Waals surface area contributed by atoms with E-state index in [0.29, 0.717) is 10.0 Å². The average molecular weight is 436 g/mol. The molecular weight excluding hydrogens is 422 g/mol. The average Bonchev–Trinajstić information content (AvgIpc) is 3.25. The van der Waals surface area contributed by atoms with Crippen molar-refractivity contribution in [2.24, 2.45) is 0 Å². The quantitative estimate of drug-likeness (QED) is 0.647. The Labute approximate surface area is 161 Å². The van der Waals surface area contributed by atoms with E-state index < -0.39 is 0 Å². The Morgan fingerprint density at radius 2 is 2.08 bits per heavy atom. The molecule has 0 saturated heterocycles. The van der Waals surface area contributed by atoms with Gasteiger partial charge in [-0.2, -0.15) is 0 Å². The maximum atomic E-state index is 12.2. The molecule has 25 heavy (non-hydrogen) atoms. The van der Waals surface area contributed by atoms with Crippen LogP contribution in [-0.4, -0.2) is 35.3 Å². The Bertz CT molecular complexity index is 893. The zero-order valence-corrected chi connectivity index (χ0v) is 16.5. The monoisotopic (exact) mass is 435 g/mol. The normalized spacial score (nSPS) is 10.5. The zero-order valence-electron chi connectivity index (χ0n) is 13.2. The SMILES string of the molecule is CN(CC(=O)Nc1nc(-c2cccc(Br)c2)cs1)C(=O)c1cccs1. The molecule has 3 rings (SSSR count). The second-order valence-electron chi connectivity index (χ2n) is 5.23. The van der Waals surface area contributed by atoms with Crippen molar-refractivity contribution in [2.45, 2.75) is 0 Å². The molecule has 2 heterocycles. The molecule has 3 aromatic rings. The van der Waals surface area contributed by atoms with Crippen molar-refractivity contribution in [2.75, 3.05) is 18.9 Å². The van der Waals surface area contributed by atoms with Crippen LogP contribution in [0.1, 0.15) is 9.67 Å². The van der Waals surface area contributed by atoms with Gasteiger partial charge in [0.2, 0.25) is 5.91 Å². The first-order chi connectivity index (χ1) is 12.0. The number of nitrogens with one attached hydrogen (secondary N) is 1. The van der Waals surface area contributed by atoms with E-state index in [0.717, 1.165) is 15.7 Å². The van der Waals surface area contributed by atoms with Crippen molar-refractivity contribution >= 4 is 55.5 Å². The number of benzene rings is 1. The van der Waals surface area contributed by atoms with Gasteiger partial charge in [0.1, 0.15) is 0 Å². The lowest BCUT2D eigenvalue weighted by molar-refractivity contribution is -0.116. The highest BCUT2D eigenvalue weighted by Crippen LogP contribution is 2.26. The van der Waals surface area contributed by atoms with E-state index in [-0.39, 0.29) is 18.4 Å². The second kappa shape index (κ2) is 7.90. The van der Waals surface area contributed by atoms with Crippen LogP contribution in [0.15, 0.2) is 51.6 Å². The van der Waals surface area contributed by atoms with Crippen molar-refractivity contribution in [3.8, 4) is 11.3 Å². The van der Waals surface area contributed by atoms with Gasteiger partial charge in [-0.05, 0) is 23.6 Å². The fourth-order valence-electron chi connectivity index (χ4n) is 2.15. The molecule has 0 saturated carbocycles. The molecule has 0 aliphatic rings. The Hall–Kier alpha value is -2.03. The first kappa shape index (κ1) is 17.8. The number of carbonyl (C=O) groups is 2. The minimum Gasteiger partial charge on any atom is -0.332 e. The van der Waals surface area contributed by atoms with Crippen LogP contribution in [0.4, 0.5) is 5.13 Å². The molecule has 1 N–H and O–H groups in total. The van der Waals surface area contributed by atoms with Crippen LogP contribution in [0.25, 0.3) is 11.3 Å². The van der Waals surface area contributed by atoms with Crippen molar-refractivity contribution in [1.29, 1.82) is 0 Å². The highest BCUT2D eigenvalue weighted by Gasteiger charge is 2.16. The van der Waals surface area contributed by atoms with Crippen molar-refractivity contribution in [1.82, 2.24) is 9.88 Å². The highest BCUT2D eigenvalue weighted by molar-refractivity contribution is 9.10. The number of nitrogens with zero attached hydrogens (tertiary/aromatic N) is 2. The van der Waals surface area contributed by atoms with Gasteiger partial charge in [-0.25, -0.2) is 4.98 Å². The summed E-state index contributed by atoms with van der Waals surface area (Å²) >= 11 is 6.14. The van der Waals surface area contributed by atoms with Gasteiger partial charge < -0.3 is 10.2 Å². The first-order valence-corrected chi connectivity index (χ1v) is 9.88. The van der Waals surface area contributed by atoms with Crippen LogP contribution in [0, 0.1) is 0 Å². The highest BCUT2D eigenvalue weighted by atomic mass is 79.9. The van der Waals surface area contributed by atoms with Crippen LogP contribution in [0.3, 0.4) is 0 Å². The van der Waals surface area contributed by atoms with Gasteiger partial charge in [0.15, 0.2) is 5.13 Å². The molecule has 2 amide bonds. The Balaban J connectivity index is 1.61. The van der Waals surface area contributed by atoms with Gasteiger partial charge in [-0.15, -0.1) is 22.7 Å². The van der Waals surface area contributed by atoms with Crippen molar-refractivity contribution < 1.29 is 9.59 Å². The summed E-state index contributed by atoms with van der Waals surface area (Å²) in [7, 11) is 1.61. The van der Waals surface area contributed by atoms with Crippen LogP contribution in [0.2, 0.25) is 0 Å². The number of carbonyl (C=O) groups excluding carboxylic acids is 2. The van der Waals surface area contributed by atoms with Gasteiger partial charge in [0.25, 0.3) is 5.91 Å². The number of halogens is 1. The molecular formula is C17H14BrN3O2S2. The van der Waals surface area contributed by atoms with Crippen molar-refractivity contribution in [3.63, 3.8) is 0 Å². The maximum absolute atomic E-state index is 12.2. The van der Waals surface area contributed by atoms with Gasteiger partial charge in [0, 0.05) is 22.5 Å². The molecule has 0 radical (unpaired) electrons. The summed E-state index contributed by atoms with van der Waals surface area (Å²) in [6, 6.07) is 11.4. The number of hydrogen-bond donors (Lipinski definition) is 1. The number of thiophene rings is 1. The van der Waals surface area contributed by atoms with Crippen molar-refractivity contribution in [3.05, 3.63) is 56.5 Å². The lowest BCUT2D eigenvalue weighted by atomic mass is 10.2. The molecule has 2 aromatic heterocycles. The lowest BCUT2D eigenvalue weighted by Crippen LogP contribution is -2.34. The second-order valence-corrected chi connectivity index (χ2v) is 7.96. The van der Waals surface area contributed by atoms with Crippen LogP contribution >= 0.6 is 38.6 Å². The standard InChI is InChI=1S/C17H14BrN3O2S2/c1-21(16(23)14-6-3-7-24-14)9-15(22)20-17-19-13(10-25-17)11-4-2-5-12(18)8-11/h2-8,10H,9H2,1H3,(H,19,20,22). The maximum Gasteiger partial charge on any atom is 0.264 e. The van der Waals surface area contributed by atoms with Gasteiger partial charge in [-0.3, -0.25) is 9.59 Å². The van der Waals surface area contributed by atoms with Gasteiger partial charge in [0.05, 0.1) is 17.1 Å². The number of thiazole rings is 1. The van der Waals surface area contributed by atoms with Crippen LogP contribution in [0.5, 0.6) is 0 Å². The summed E-state index contributed by atoms with van der Waals surface area (Å²) in [6.45, 7) is -0.0253. The Morgan fingerprint density at radius 3 is 2.80 bits per heavy atom. The third-order valence-electron chi connectivity index (χ3n) is 3.33. The summed E-state index contributed by atoms with van der Waals surface area (Å²) < 4.78 is 0.970. The summed E-state index contributed by atoms with van der Waals surface area (Å²) in [4.78, 5) is 30.7. The molecule has 0 fully saturated rings. The number of amides is 2. The topological polar surface area (TPSA) is 62.3 Å². The minimum atomic E-state index is -0.275. The number of aromatic nitrogens is 1. The van der Waals surface area contributed by atoms with E-state index in [2.05, 4.69) is 26.2 Å². The fourth-order valence-corrected chi connectivity index (χ4v) is 4.00. The largest absolute Gasteiger partial charge is 0.332 e. The van der Waals surface area contributed by atoms with E-state index >= 15 is 0 Å². The molecule has 0 aliphatic carbocycles. The lowest BCUT2D eigenvalue weighted by Gasteiger charge is -2.15. The molecule has 1 aromatic carbocycles. The van der Waals surface area contributed by atoms with E-state index in [1.54, 1.807) is 13.1 Å². The molecule has 0 atom stereocenters. The fraction of sp³-hybridized carbons (Fsp3) is 0.118. The minimum absolute atomic E-state index is 0.0253. The first-order valence-electron chi connectivity index (χ1n) is 7.33. The number of anilines is 1. The number of rotatable bonds is 5. The molecule has 8 heteroatoms. The smallest absolute Gasteiger partial charge is 0.264 e. The molecule has 0 unspecified atom stereocenters.